The molecule has 9 aromatic carbocycles. The van der Waals surface area contributed by atoms with Crippen LogP contribution in [0.4, 0.5) is 0 Å². The first-order valence-electron chi connectivity index (χ1n) is 22.0. The van der Waals surface area contributed by atoms with Crippen molar-refractivity contribution in [1.82, 2.24) is 9.13 Å². The Kier molecular flexibility index (Phi) is 8.19. The number of allylic oxidation sites excluding steroid dienone is 1. The van der Waals surface area contributed by atoms with Crippen LogP contribution in [-0.4, -0.2) is 20.8 Å². The average molecular weight is 821 g/mol. The molecule has 0 aliphatic carbocycles. The van der Waals surface area contributed by atoms with Gasteiger partial charge in [0.2, 0.25) is 0 Å². The van der Waals surface area contributed by atoms with Crippen molar-refractivity contribution in [3.63, 3.8) is 0 Å². The largest absolute Gasteiger partial charge is 0.455 e. The number of amidine groups is 1. The first kappa shape index (κ1) is 36.4. The molecule has 0 bridgehead atoms. The molecule has 0 fully saturated rings. The first-order valence-corrected chi connectivity index (χ1v) is 22.0. The molecule has 1 aliphatic rings. The topological polar surface area (TPSA) is 47.7 Å². The van der Waals surface area contributed by atoms with Crippen molar-refractivity contribution in [3.05, 3.63) is 217 Å². The predicted octanol–water partition coefficient (Wildman–Crippen LogP) is 15.4. The molecule has 3 aromatic heterocycles. The van der Waals surface area contributed by atoms with Gasteiger partial charge in [-0.05, 0) is 82.9 Å². The highest BCUT2D eigenvalue weighted by Gasteiger charge is 2.27. The van der Waals surface area contributed by atoms with Crippen molar-refractivity contribution in [2.75, 3.05) is 0 Å². The van der Waals surface area contributed by atoms with Gasteiger partial charge in [0.25, 0.3) is 0 Å². The molecular weight excluding hydrogens is 781 g/mol. The van der Waals surface area contributed by atoms with Gasteiger partial charge in [-0.15, -0.1) is 0 Å². The molecule has 302 valence electrons. The standard InChI is InChI=1S/C59H40N4O/c1-37-30-32-49(60-58(42-21-15-20-39(34-42)38-16-3-2-4-17-38)61-59(37)63-51-27-12-7-22-43(51)44-23-8-13-28-52(44)63)56-53(33-31-47-46-25-10-14-29-55(46)64-57(47)56)62-50-26-11-9-24-45(50)48-35-40-18-5-6-19-41(40)36-54(48)62/h2-29,31-37H,30H2,1H3/b49-32+,60-58-,61-59+. The molecule has 1 aliphatic heterocycles. The van der Waals surface area contributed by atoms with Crippen molar-refractivity contribution in [2.45, 2.75) is 13.3 Å². The second-order valence-corrected chi connectivity index (χ2v) is 17.0. The lowest BCUT2D eigenvalue weighted by molar-refractivity contribution is 0.667. The van der Waals surface area contributed by atoms with Crippen LogP contribution in [0.25, 0.3) is 98.8 Å². The number of nitrogens with zero attached hydrogens (tertiary/aromatic N) is 4. The van der Waals surface area contributed by atoms with E-state index in [-0.39, 0.29) is 5.92 Å². The Morgan fingerprint density at radius 3 is 1.80 bits per heavy atom. The van der Waals surface area contributed by atoms with E-state index < -0.39 is 0 Å². The highest BCUT2D eigenvalue weighted by atomic mass is 16.3. The number of rotatable bonds is 4. The molecule has 4 heterocycles. The summed E-state index contributed by atoms with van der Waals surface area (Å²) in [6, 6.07) is 71.4. The number of aromatic nitrogens is 2. The van der Waals surface area contributed by atoms with Crippen LogP contribution in [0.5, 0.6) is 0 Å². The third-order valence-electron chi connectivity index (χ3n) is 13.2. The van der Waals surface area contributed by atoms with Gasteiger partial charge in [0.1, 0.15) is 17.0 Å². The molecule has 13 rings (SSSR count). The summed E-state index contributed by atoms with van der Waals surface area (Å²) in [5.74, 6) is 1.60. The summed E-state index contributed by atoms with van der Waals surface area (Å²) in [5.41, 5.74) is 12.1. The Labute approximate surface area is 369 Å². The van der Waals surface area contributed by atoms with E-state index in [4.69, 9.17) is 14.4 Å². The Hall–Kier alpha value is -8.28. The van der Waals surface area contributed by atoms with E-state index in [1.165, 1.54) is 32.3 Å². The van der Waals surface area contributed by atoms with E-state index in [0.29, 0.717) is 12.3 Å². The molecule has 0 saturated heterocycles. The van der Waals surface area contributed by atoms with Gasteiger partial charge in [0, 0.05) is 43.8 Å². The first-order chi connectivity index (χ1) is 31.7. The smallest absolute Gasteiger partial charge is 0.161 e. The molecule has 0 saturated carbocycles. The lowest BCUT2D eigenvalue weighted by Crippen LogP contribution is -2.23. The molecule has 0 spiro atoms. The van der Waals surface area contributed by atoms with Crippen molar-refractivity contribution < 1.29 is 4.42 Å². The van der Waals surface area contributed by atoms with E-state index in [1.807, 2.05) is 6.07 Å². The van der Waals surface area contributed by atoms with Crippen LogP contribution in [0.3, 0.4) is 0 Å². The summed E-state index contributed by atoms with van der Waals surface area (Å²) >= 11 is 0. The highest BCUT2D eigenvalue weighted by Crippen LogP contribution is 2.43. The van der Waals surface area contributed by atoms with Crippen LogP contribution < -0.4 is 0 Å². The van der Waals surface area contributed by atoms with Gasteiger partial charge >= 0.3 is 0 Å². The molecule has 64 heavy (non-hydrogen) atoms. The zero-order chi connectivity index (χ0) is 42.3. The van der Waals surface area contributed by atoms with Gasteiger partial charge < -0.3 is 8.98 Å². The molecule has 12 aromatic rings. The van der Waals surface area contributed by atoms with Gasteiger partial charge in [-0.2, -0.15) is 0 Å². The van der Waals surface area contributed by atoms with Crippen LogP contribution in [-0.2, 0) is 0 Å². The monoisotopic (exact) mass is 820 g/mol. The molecule has 0 radical (unpaired) electrons. The molecule has 1 unspecified atom stereocenters. The predicted molar refractivity (Wildman–Crippen MR) is 268 cm³/mol. The summed E-state index contributed by atoms with van der Waals surface area (Å²) in [4.78, 5) is 11.5. The van der Waals surface area contributed by atoms with E-state index in [0.717, 1.165) is 83.5 Å². The third-order valence-corrected chi connectivity index (χ3v) is 13.2. The number of benzene rings is 9. The molecule has 5 heteroatoms. The van der Waals surface area contributed by atoms with Gasteiger partial charge in [-0.3, -0.25) is 4.57 Å². The average Bonchev–Trinajstić information content (AvgIpc) is 4.00. The second kappa shape index (κ2) is 14.4. The van der Waals surface area contributed by atoms with E-state index >= 15 is 0 Å². The fraction of sp³-hybridized carbons (Fsp3) is 0.0508. The molecule has 0 N–H and O–H groups in total. The van der Waals surface area contributed by atoms with Crippen LogP contribution in [0.15, 0.2) is 221 Å². The summed E-state index contributed by atoms with van der Waals surface area (Å²) in [7, 11) is 0. The number of furan rings is 1. The maximum atomic E-state index is 7.00. The fourth-order valence-electron chi connectivity index (χ4n) is 10.1. The van der Waals surface area contributed by atoms with Crippen molar-refractivity contribution in [2.24, 2.45) is 15.9 Å². The summed E-state index contributed by atoms with van der Waals surface area (Å²) in [6.07, 6.45) is 3.02. The van der Waals surface area contributed by atoms with E-state index in [2.05, 4.69) is 216 Å². The van der Waals surface area contributed by atoms with Crippen LogP contribution in [0.2, 0.25) is 0 Å². The molecular formula is C59H40N4O. The Balaban J connectivity index is 1.13. The number of para-hydroxylation sites is 4. The summed E-state index contributed by atoms with van der Waals surface area (Å²) in [5, 5.41) is 9.33. The minimum absolute atomic E-state index is 0.00921. The summed E-state index contributed by atoms with van der Waals surface area (Å²) < 4.78 is 11.8. The van der Waals surface area contributed by atoms with Gasteiger partial charge in [0.05, 0.1) is 39.0 Å². The van der Waals surface area contributed by atoms with Gasteiger partial charge in [-0.1, -0.05) is 159 Å². The zero-order valence-corrected chi connectivity index (χ0v) is 35.1. The zero-order valence-electron chi connectivity index (χ0n) is 35.1. The normalized spacial score (nSPS) is 17.1. The molecule has 1 atom stereocenters. The Morgan fingerprint density at radius 2 is 1.05 bits per heavy atom. The van der Waals surface area contributed by atoms with Crippen LogP contribution in [0, 0.1) is 5.92 Å². The summed E-state index contributed by atoms with van der Waals surface area (Å²) in [6.45, 7) is 2.29. The van der Waals surface area contributed by atoms with Gasteiger partial charge in [0.15, 0.2) is 5.84 Å². The Bertz CT molecular complexity index is 3900. The van der Waals surface area contributed by atoms with Gasteiger partial charge in [-0.25, -0.2) is 9.98 Å². The SMILES string of the molecule is CC1C/C=C(c2c(-n3c4ccccc4c4cc5ccccc5cc43)ccc3c2oc2ccccc23)/N=C(c2cccc(-c3ccccc3)c2)\N=C/1n1c2ccccc2c2ccccc21. The minimum atomic E-state index is 0.00921. The van der Waals surface area contributed by atoms with E-state index in [9.17, 15) is 0 Å². The van der Waals surface area contributed by atoms with Crippen LogP contribution in [0.1, 0.15) is 24.5 Å². The van der Waals surface area contributed by atoms with Crippen molar-refractivity contribution in [3.8, 4) is 16.8 Å². The number of aliphatic imine (C=N–C) groups is 2. The Morgan fingerprint density at radius 1 is 0.453 bits per heavy atom. The molecule has 0 amide bonds. The quantitative estimate of drug-likeness (QED) is 0.174. The van der Waals surface area contributed by atoms with E-state index in [1.54, 1.807) is 0 Å². The minimum Gasteiger partial charge on any atom is -0.455 e. The number of hydrogen-bond donors (Lipinski definition) is 0. The molecule has 5 nitrogen and oxygen atoms in total. The van der Waals surface area contributed by atoms with Crippen LogP contribution >= 0.6 is 0 Å². The lowest BCUT2D eigenvalue weighted by Gasteiger charge is -2.22. The van der Waals surface area contributed by atoms with Crippen molar-refractivity contribution in [1.29, 1.82) is 0 Å². The van der Waals surface area contributed by atoms with Crippen molar-refractivity contribution >= 4 is 93.7 Å². The maximum absolute atomic E-state index is 7.00. The maximum Gasteiger partial charge on any atom is 0.161 e. The lowest BCUT2D eigenvalue weighted by atomic mass is 9.98. The fourth-order valence-corrected chi connectivity index (χ4v) is 10.1. The third kappa shape index (κ3) is 5.64. The number of fused-ring (bicyclic) bond motifs is 10. The highest BCUT2D eigenvalue weighted by molar-refractivity contribution is 6.19. The second-order valence-electron chi connectivity index (χ2n) is 17.0. The number of hydrogen-bond acceptors (Lipinski definition) is 3.